The summed E-state index contributed by atoms with van der Waals surface area (Å²) in [6.07, 6.45) is 1.45. The summed E-state index contributed by atoms with van der Waals surface area (Å²) >= 11 is 2.79. The summed E-state index contributed by atoms with van der Waals surface area (Å²) in [5, 5.41) is 4.15. The number of rotatable bonds is 5. The fourth-order valence-corrected chi connectivity index (χ4v) is 4.54. The number of benzene rings is 1. The van der Waals surface area contributed by atoms with Gasteiger partial charge in [0, 0.05) is 13.1 Å². The van der Waals surface area contributed by atoms with E-state index in [4.69, 9.17) is 4.74 Å². The molecule has 1 aliphatic heterocycles. The Kier molecular flexibility index (Phi) is 5.46. The zero-order valence-electron chi connectivity index (χ0n) is 14.2. The van der Waals surface area contributed by atoms with Crippen LogP contribution in [0.4, 0.5) is 15.2 Å². The van der Waals surface area contributed by atoms with Gasteiger partial charge in [0.25, 0.3) is 0 Å². The predicted octanol–water partition coefficient (Wildman–Crippen LogP) is 2.79. The molecule has 1 aromatic carbocycles. The van der Waals surface area contributed by atoms with Crippen molar-refractivity contribution >= 4 is 50.2 Å². The van der Waals surface area contributed by atoms with Crippen LogP contribution in [0.15, 0.2) is 35.6 Å². The van der Waals surface area contributed by atoms with Gasteiger partial charge in [-0.2, -0.15) is 4.98 Å². The average molecular weight is 405 g/mol. The number of halogens is 1. The highest BCUT2D eigenvalue weighted by Gasteiger charge is 2.18. The van der Waals surface area contributed by atoms with Crippen LogP contribution in [0.2, 0.25) is 0 Å². The van der Waals surface area contributed by atoms with Crippen molar-refractivity contribution in [2.24, 2.45) is 0 Å². The minimum atomic E-state index is -0.460. The fourth-order valence-electron chi connectivity index (χ4n) is 2.60. The van der Waals surface area contributed by atoms with Gasteiger partial charge in [-0.05, 0) is 12.1 Å². The number of nitrogens with zero attached hydrogens (tertiary/aromatic N) is 4. The van der Waals surface area contributed by atoms with Crippen LogP contribution in [0.3, 0.4) is 0 Å². The Morgan fingerprint density at radius 3 is 2.93 bits per heavy atom. The first-order valence-electron chi connectivity index (χ1n) is 8.32. The van der Waals surface area contributed by atoms with Crippen molar-refractivity contribution in [1.82, 2.24) is 15.0 Å². The standard InChI is InChI=1S/C17H16FN5O2S2/c18-11-3-1-2-4-12(11)21-13(24)9-26-16-14-15(19-10-20-16)22-17(27-14)23-5-7-25-8-6-23/h1-4,10H,5-9H2,(H,21,24). The van der Waals surface area contributed by atoms with Crippen LogP contribution in [0.25, 0.3) is 10.3 Å². The average Bonchev–Trinajstić information content (AvgIpc) is 3.14. The van der Waals surface area contributed by atoms with Gasteiger partial charge < -0.3 is 15.0 Å². The van der Waals surface area contributed by atoms with Gasteiger partial charge in [-0.25, -0.2) is 14.4 Å². The monoisotopic (exact) mass is 405 g/mol. The van der Waals surface area contributed by atoms with E-state index in [2.05, 4.69) is 25.2 Å². The maximum atomic E-state index is 13.6. The van der Waals surface area contributed by atoms with Gasteiger partial charge in [-0.1, -0.05) is 35.2 Å². The van der Waals surface area contributed by atoms with E-state index in [1.54, 1.807) is 12.1 Å². The highest BCUT2D eigenvalue weighted by molar-refractivity contribution is 8.00. The molecule has 1 amide bonds. The lowest BCUT2D eigenvalue weighted by Crippen LogP contribution is -2.36. The zero-order valence-corrected chi connectivity index (χ0v) is 15.9. The number of nitrogens with one attached hydrogen (secondary N) is 1. The molecule has 0 atom stereocenters. The Balaban J connectivity index is 1.46. The fraction of sp³-hybridized carbons (Fsp3) is 0.294. The van der Waals surface area contributed by atoms with Crippen molar-refractivity contribution in [3.8, 4) is 0 Å². The van der Waals surface area contributed by atoms with Crippen LogP contribution in [0.5, 0.6) is 0 Å². The molecular formula is C17H16FN5O2S2. The van der Waals surface area contributed by atoms with Gasteiger partial charge >= 0.3 is 0 Å². The molecule has 0 radical (unpaired) electrons. The molecule has 1 fully saturated rings. The molecule has 0 aliphatic carbocycles. The summed E-state index contributed by atoms with van der Waals surface area (Å²) in [6.45, 7) is 2.94. The topological polar surface area (TPSA) is 80.2 Å². The molecule has 1 aliphatic rings. The first kappa shape index (κ1) is 18.1. The number of para-hydroxylation sites is 1. The minimum absolute atomic E-state index is 0.116. The van der Waals surface area contributed by atoms with Gasteiger partial charge in [-0.15, -0.1) is 0 Å². The predicted molar refractivity (Wildman–Crippen MR) is 104 cm³/mol. The van der Waals surface area contributed by atoms with E-state index in [1.807, 2.05) is 0 Å². The Bertz CT molecular complexity index is 961. The number of aromatic nitrogens is 3. The number of hydrogen-bond donors (Lipinski definition) is 1. The molecule has 10 heteroatoms. The van der Waals surface area contributed by atoms with Crippen LogP contribution in [0.1, 0.15) is 0 Å². The van der Waals surface area contributed by atoms with Crippen LogP contribution in [0, 0.1) is 5.82 Å². The molecule has 0 unspecified atom stereocenters. The van der Waals surface area contributed by atoms with Crippen molar-refractivity contribution in [2.45, 2.75) is 5.03 Å². The number of anilines is 2. The number of thioether (sulfide) groups is 1. The number of carbonyl (C=O) groups is 1. The highest BCUT2D eigenvalue weighted by atomic mass is 32.2. The number of thiazole rings is 1. The number of morpholine rings is 1. The van der Waals surface area contributed by atoms with Crippen LogP contribution in [-0.2, 0) is 9.53 Å². The molecule has 0 bridgehead atoms. The summed E-state index contributed by atoms with van der Waals surface area (Å²) in [5.41, 5.74) is 0.789. The largest absolute Gasteiger partial charge is 0.378 e. The number of fused-ring (bicyclic) bond motifs is 1. The first-order chi connectivity index (χ1) is 13.2. The Hall–Kier alpha value is -2.30. The molecule has 4 rings (SSSR count). The third kappa shape index (κ3) is 4.18. The summed E-state index contributed by atoms with van der Waals surface area (Å²) in [6, 6.07) is 6.08. The molecule has 1 N–H and O–H groups in total. The van der Waals surface area contributed by atoms with E-state index in [1.165, 1.54) is 41.6 Å². The smallest absolute Gasteiger partial charge is 0.234 e. The Morgan fingerprint density at radius 1 is 1.30 bits per heavy atom. The molecule has 140 valence electrons. The van der Waals surface area contributed by atoms with Gasteiger partial charge in [0.15, 0.2) is 10.8 Å². The lowest BCUT2D eigenvalue weighted by atomic mass is 10.3. The third-order valence-corrected chi connectivity index (χ3v) is 6.15. The quantitative estimate of drug-likeness (QED) is 0.516. The summed E-state index contributed by atoms with van der Waals surface area (Å²) in [7, 11) is 0. The van der Waals surface area contributed by atoms with Crippen LogP contribution < -0.4 is 10.2 Å². The normalized spacial score (nSPS) is 14.5. The van der Waals surface area contributed by atoms with Gasteiger partial charge in [0.2, 0.25) is 5.91 Å². The number of hydrogen-bond acceptors (Lipinski definition) is 8. The van der Waals surface area contributed by atoms with Crippen molar-refractivity contribution in [1.29, 1.82) is 0 Å². The second kappa shape index (κ2) is 8.15. The molecule has 0 saturated carbocycles. The van der Waals surface area contributed by atoms with E-state index in [-0.39, 0.29) is 17.3 Å². The van der Waals surface area contributed by atoms with Gasteiger partial charge in [0.1, 0.15) is 21.9 Å². The first-order valence-corrected chi connectivity index (χ1v) is 10.1. The van der Waals surface area contributed by atoms with E-state index in [9.17, 15) is 9.18 Å². The molecule has 3 aromatic rings. The van der Waals surface area contributed by atoms with E-state index in [0.717, 1.165) is 22.9 Å². The van der Waals surface area contributed by atoms with Crippen LogP contribution >= 0.6 is 23.1 Å². The van der Waals surface area contributed by atoms with E-state index in [0.29, 0.717) is 23.9 Å². The summed E-state index contributed by atoms with van der Waals surface area (Å²) in [5.74, 6) is -0.640. The maximum Gasteiger partial charge on any atom is 0.234 e. The van der Waals surface area contributed by atoms with Gasteiger partial charge in [0.05, 0.1) is 24.7 Å². The minimum Gasteiger partial charge on any atom is -0.378 e. The molecule has 0 spiro atoms. The molecule has 7 nitrogen and oxygen atoms in total. The molecule has 1 saturated heterocycles. The van der Waals surface area contributed by atoms with Crippen molar-refractivity contribution in [3.63, 3.8) is 0 Å². The number of amides is 1. The molecule has 3 heterocycles. The second-order valence-corrected chi connectivity index (χ2v) is 7.69. The maximum absolute atomic E-state index is 13.6. The Labute approximate surface area is 163 Å². The third-order valence-electron chi connectivity index (χ3n) is 3.92. The summed E-state index contributed by atoms with van der Waals surface area (Å²) < 4.78 is 19.9. The van der Waals surface area contributed by atoms with E-state index >= 15 is 0 Å². The lowest BCUT2D eigenvalue weighted by Gasteiger charge is -2.25. The highest BCUT2D eigenvalue weighted by Crippen LogP contribution is 2.34. The van der Waals surface area contributed by atoms with Gasteiger partial charge in [-0.3, -0.25) is 4.79 Å². The van der Waals surface area contributed by atoms with Crippen LogP contribution in [-0.4, -0.2) is 52.9 Å². The number of carbonyl (C=O) groups excluding carboxylic acids is 1. The van der Waals surface area contributed by atoms with Crippen molar-refractivity contribution in [3.05, 3.63) is 36.4 Å². The molecule has 2 aromatic heterocycles. The zero-order chi connectivity index (χ0) is 18.6. The SMILES string of the molecule is O=C(CSc1ncnc2nc(N3CCOCC3)sc12)Nc1ccccc1F. The van der Waals surface area contributed by atoms with E-state index < -0.39 is 5.82 Å². The van der Waals surface area contributed by atoms with Crippen molar-refractivity contribution < 1.29 is 13.9 Å². The molecular weight excluding hydrogens is 389 g/mol. The van der Waals surface area contributed by atoms with Crippen molar-refractivity contribution in [2.75, 3.05) is 42.3 Å². The molecule has 27 heavy (non-hydrogen) atoms. The lowest BCUT2D eigenvalue weighted by molar-refractivity contribution is -0.113. The summed E-state index contributed by atoms with van der Waals surface area (Å²) in [4.78, 5) is 27.4. The Morgan fingerprint density at radius 2 is 2.11 bits per heavy atom. The number of ether oxygens (including phenoxy) is 1. The second-order valence-electron chi connectivity index (χ2n) is 5.74.